The molecule has 1 aromatic carbocycles. The molecule has 0 amide bonds. The largest absolute Gasteiger partial charge is 0.291 e. The van der Waals surface area contributed by atoms with E-state index in [1.165, 1.54) is 11.3 Å². The van der Waals surface area contributed by atoms with Gasteiger partial charge in [0, 0.05) is 5.02 Å². The van der Waals surface area contributed by atoms with E-state index >= 15 is 0 Å². The first-order valence-electron chi connectivity index (χ1n) is 5.93. The second kappa shape index (κ2) is 6.01. The van der Waals surface area contributed by atoms with Crippen molar-refractivity contribution in [3.63, 3.8) is 0 Å². The third kappa shape index (κ3) is 2.86. The van der Waals surface area contributed by atoms with Crippen LogP contribution in [-0.2, 0) is 6.42 Å². The zero-order chi connectivity index (χ0) is 13.8. The number of Topliss-reactive ketones (excluding diaryl/α,β-unsaturated/α-hetero) is 1. The minimum absolute atomic E-state index is 0.142. The van der Waals surface area contributed by atoms with Crippen LogP contribution in [0.5, 0.6) is 0 Å². The number of nitriles is 1. The van der Waals surface area contributed by atoms with E-state index in [0.29, 0.717) is 15.5 Å². The molecule has 1 unspecified atom stereocenters. The molecule has 0 aliphatic carbocycles. The summed E-state index contributed by atoms with van der Waals surface area (Å²) in [6.45, 7) is 2.00. The average molecular weight is 290 g/mol. The maximum absolute atomic E-state index is 12.5. The van der Waals surface area contributed by atoms with Crippen LogP contribution in [0.25, 0.3) is 0 Å². The molecule has 2 aromatic rings. The summed E-state index contributed by atoms with van der Waals surface area (Å²) in [5.74, 6) is -0.931. The highest BCUT2D eigenvalue weighted by molar-refractivity contribution is 7.12. The molecule has 0 N–H and O–H groups in total. The van der Waals surface area contributed by atoms with E-state index in [1.807, 2.05) is 18.4 Å². The highest BCUT2D eigenvalue weighted by Crippen LogP contribution is 2.27. The van der Waals surface area contributed by atoms with Gasteiger partial charge in [0.25, 0.3) is 0 Å². The fourth-order valence-electron chi connectivity index (χ4n) is 1.93. The second-order valence-corrected chi connectivity index (χ2v) is 5.46. The Balaban J connectivity index is 2.38. The van der Waals surface area contributed by atoms with Crippen molar-refractivity contribution in [1.29, 1.82) is 5.26 Å². The topological polar surface area (TPSA) is 40.9 Å². The molecule has 1 aromatic heterocycles. The van der Waals surface area contributed by atoms with Crippen molar-refractivity contribution >= 4 is 28.7 Å². The number of nitrogens with zero attached hydrogens (tertiary/aromatic N) is 1. The van der Waals surface area contributed by atoms with Crippen LogP contribution in [0.4, 0.5) is 0 Å². The van der Waals surface area contributed by atoms with Crippen LogP contribution in [0.2, 0.25) is 5.02 Å². The van der Waals surface area contributed by atoms with Gasteiger partial charge in [0.05, 0.1) is 10.9 Å². The van der Waals surface area contributed by atoms with Crippen molar-refractivity contribution in [3.8, 4) is 6.07 Å². The Hall–Kier alpha value is -1.63. The standard InChI is InChI=1S/C15H12ClNOS/c1-2-10-6-7-19-15(10)14(18)13(9-17)11-4-3-5-12(16)8-11/h3-8,13H,2H2,1H3. The molecule has 0 bridgehead atoms. The predicted octanol–water partition coefficient (Wildman–Crippen LogP) is 4.45. The van der Waals surface area contributed by atoms with Gasteiger partial charge in [0.15, 0.2) is 5.78 Å². The average Bonchev–Trinajstić information content (AvgIpc) is 2.87. The number of hydrogen-bond acceptors (Lipinski definition) is 3. The van der Waals surface area contributed by atoms with E-state index in [4.69, 9.17) is 11.6 Å². The van der Waals surface area contributed by atoms with Crippen molar-refractivity contribution in [2.75, 3.05) is 0 Å². The lowest BCUT2D eigenvalue weighted by atomic mass is 9.94. The minimum Gasteiger partial charge on any atom is -0.291 e. The SMILES string of the molecule is CCc1ccsc1C(=O)C(C#N)c1cccc(Cl)c1. The maximum atomic E-state index is 12.5. The summed E-state index contributed by atoms with van der Waals surface area (Å²) in [5.41, 5.74) is 1.65. The normalized spacial score (nSPS) is 11.8. The molecule has 0 fully saturated rings. The van der Waals surface area contributed by atoms with Gasteiger partial charge in [0.1, 0.15) is 5.92 Å². The summed E-state index contributed by atoms with van der Waals surface area (Å²) in [7, 11) is 0. The van der Waals surface area contributed by atoms with Crippen LogP contribution in [0.1, 0.15) is 33.6 Å². The zero-order valence-corrected chi connectivity index (χ0v) is 12.0. The maximum Gasteiger partial charge on any atom is 0.194 e. The Kier molecular flexibility index (Phi) is 4.36. The summed E-state index contributed by atoms with van der Waals surface area (Å²) in [6, 6.07) is 10.9. The lowest BCUT2D eigenvalue weighted by molar-refractivity contribution is 0.0982. The monoisotopic (exact) mass is 289 g/mol. The number of carbonyl (C=O) groups is 1. The van der Waals surface area contributed by atoms with Crippen LogP contribution in [0, 0.1) is 11.3 Å². The predicted molar refractivity (Wildman–Crippen MR) is 77.8 cm³/mol. The van der Waals surface area contributed by atoms with E-state index in [0.717, 1.165) is 12.0 Å². The molecule has 0 spiro atoms. The summed E-state index contributed by atoms with van der Waals surface area (Å²) in [4.78, 5) is 13.1. The molecule has 2 rings (SSSR count). The van der Waals surface area contributed by atoms with Crippen molar-refractivity contribution in [3.05, 3.63) is 56.7 Å². The molecule has 96 valence electrons. The first kappa shape index (κ1) is 13.8. The first-order chi connectivity index (χ1) is 9.17. The second-order valence-electron chi connectivity index (χ2n) is 4.11. The number of hydrogen-bond donors (Lipinski definition) is 0. The quantitative estimate of drug-likeness (QED) is 0.780. The molecule has 0 saturated carbocycles. The van der Waals surface area contributed by atoms with E-state index in [1.54, 1.807) is 24.3 Å². The van der Waals surface area contributed by atoms with Gasteiger partial charge in [-0.2, -0.15) is 5.26 Å². The fraction of sp³-hybridized carbons (Fsp3) is 0.200. The summed E-state index contributed by atoms with van der Waals surface area (Å²) in [6.07, 6.45) is 0.790. The van der Waals surface area contributed by atoms with Crippen LogP contribution in [0.15, 0.2) is 35.7 Å². The summed E-state index contributed by atoms with van der Waals surface area (Å²) < 4.78 is 0. The Morgan fingerprint density at radius 1 is 1.47 bits per heavy atom. The molecule has 2 nitrogen and oxygen atoms in total. The number of ketones is 1. The van der Waals surface area contributed by atoms with Crippen LogP contribution >= 0.6 is 22.9 Å². The van der Waals surface area contributed by atoms with E-state index in [-0.39, 0.29) is 5.78 Å². The molecule has 1 heterocycles. The Bertz CT molecular complexity index is 642. The van der Waals surface area contributed by atoms with Crippen LogP contribution in [-0.4, -0.2) is 5.78 Å². The molecule has 0 aliphatic heterocycles. The van der Waals surface area contributed by atoms with Gasteiger partial charge in [-0.25, -0.2) is 0 Å². The van der Waals surface area contributed by atoms with E-state index < -0.39 is 5.92 Å². The molecule has 0 aliphatic rings. The van der Waals surface area contributed by atoms with Gasteiger partial charge in [-0.05, 0) is 41.1 Å². The Labute approximate surface area is 121 Å². The van der Waals surface area contributed by atoms with Crippen molar-refractivity contribution in [2.45, 2.75) is 19.3 Å². The molecule has 1 atom stereocenters. The lowest BCUT2D eigenvalue weighted by Crippen LogP contribution is -2.11. The molecule has 0 saturated heterocycles. The summed E-state index contributed by atoms with van der Waals surface area (Å²) >= 11 is 7.31. The number of carbonyl (C=O) groups excluding carboxylic acids is 1. The third-order valence-electron chi connectivity index (χ3n) is 2.92. The highest BCUT2D eigenvalue weighted by Gasteiger charge is 2.24. The van der Waals surface area contributed by atoms with Crippen molar-refractivity contribution < 1.29 is 4.79 Å². The molecular formula is C15H12ClNOS. The first-order valence-corrected chi connectivity index (χ1v) is 7.18. The van der Waals surface area contributed by atoms with Gasteiger partial charge in [-0.15, -0.1) is 11.3 Å². The number of aryl methyl sites for hydroxylation is 1. The number of benzene rings is 1. The molecule has 19 heavy (non-hydrogen) atoms. The van der Waals surface area contributed by atoms with E-state index in [2.05, 4.69) is 6.07 Å². The lowest BCUT2D eigenvalue weighted by Gasteiger charge is -2.09. The fourth-order valence-corrected chi connectivity index (χ4v) is 3.10. The van der Waals surface area contributed by atoms with Crippen molar-refractivity contribution in [1.82, 2.24) is 0 Å². The van der Waals surface area contributed by atoms with E-state index in [9.17, 15) is 10.1 Å². The van der Waals surface area contributed by atoms with Gasteiger partial charge in [-0.3, -0.25) is 4.79 Å². The van der Waals surface area contributed by atoms with Crippen LogP contribution < -0.4 is 0 Å². The third-order valence-corrected chi connectivity index (χ3v) is 4.13. The highest BCUT2D eigenvalue weighted by atomic mass is 35.5. The van der Waals surface area contributed by atoms with Gasteiger partial charge in [-0.1, -0.05) is 30.7 Å². The molecule has 0 radical (unpaired) electrons. The van der Waals surface area contributed by atoms with Gasteiger partial charge < -0.3 is 0 Å². The smallest absolute Gasteiger partial charge is 0.194 e. The number of thiophene rings is 1. The van der Waals surface area contributed by atoms with Gasteiger partial charge in [0.2, 0.25) is 0 Å². The van der Waals surface area contributed by atoms with Gasteiger partial charge >= 0.3 is 0 Å². The van der Waals surface area contributed by atoms with Crippen LogP contribution in [0.3, 0.4) is 0 Å². The number of rotatable bonds is 4. The molecule has 4 heteroatoms. The summed E-state index contributed by atoms with van der Waals surface area (Å²) in [5, 5.41) is 11.7. The Morgan fingerprint density at radius 3 is 2.89 bits per heavy atom. The Morgan fingerprint density at radius 2 is 2.26 bits per heavy atom. The van der Waals surface area contributed by atoms with Crippen molar-refractivity contribution in [2.24, 2.45) is 0 Å². The molecular weight excluding hydrogens is 278 g/mol. The minimum atomic E-state index is -0.789. The number of halogens is 1. The zero-order valence-electron chi connectivity index (χ0n) is 10.4.